The third-order valence-corrected chi connectivity index (χ3v) is 2.41. The van der Waals surface area contributed by atoms with Crippen LogP contribution in [0.5, 0.6) is 11.5 Å². The van der Waals surface area contributed by atoms with Gasteiger partial charge in [0.15, 0.2) is 11.5 Å². The summed E-state index contributed by atoms with van der Waals surface area (Å²) in [6.45, 7) is 4.23. The maximum absolute atomic E-state index is 9.59. The van der Waals surface area contributed by atoms with Gasteiger partial charge in [0.2, 0.25) is 0 Å². The molecule has 0 fully saturated rings. The lowest BCUT2D eigenvalue weighted by Gasteiger charge is -2.13. The molecule has 0 radical (unpaired) electrons. The van der Waals surface area contributed by atoms with E-state index in [1.807, 2.05) is 6.07 Å². The zero-order chi connectivity index (χ0) is 10.6. The molecule has 0 bridgehead atoms. The standard InChI is InChI=1S/C12H18O2/c1-4-6-9-7-8-11(13)12(14-3)10(9)5-2/h7-8,13H,4-6H2,1-3H3. The van der Waals surface area contributed by atoms with Crippen molar-refractivity contribution in [2.75, 3.05) is 7.11 Å². The SMILES string of the molecule is CCCc1ccc(O)c(OC)c1CC. The molecular formula is C12H18O2. The number of ether oxygens (including phenoxy) is 1. The smallest absolute Gasteiger partial charge is 0.163 e. The van der Waals surface area contributed by atoms with Gasteiger partial charge in [-0.2, -0.15) is 0 Å². The molecule has 0 unspecified atom stereocenters. The predicted molar refractivity (Wildman–Crippen MR) is 58.0 cm³/mol. The Balaban J connectivity index is 3.18. The van der Waals surface area contributed by atoms with E-state index < -0.39 is 0 Å². The maximum atomic E-state index is 9.59. The third kappa shape index (κ3) is 2.00. The predicted octanol–water partition coefficient (Wildman–Crippen LogP) is 2.92. The van der Waals surface area contributed by atoms with Crippen LogP contribution in [0, 0.1) is 0 Å². The molecule has 0 aliphatic rings. The van der Waals surface area contributed by atoms with Gasteiger partial charge in [-0.25, -0.2) is 0 Å². The second-order valence-electron chi connectivity index (χ2n) is 3.36. The molecule has 0 atom stereocenters. The van der Waals surface area contributed by atoms with E-state index in [0.717, 1.165) is 24.8 Å². The Labute approximate surface area is 85.5 Å². The summed E-state index contributed by atoms with van der Waals surface area (Å²) in [5.41, 5.74) is 2.42. The number of rotatable bonds is 4. The number of hydrogen-bond donors (Lipinski definition) is 1. The Morgan fingerprint density at radius 3 is 2.50 bits per heavy atom. The highest BCUT2D eigenvalue weighted by atomic mass is 16.5. The van der Waals surface area contributed by atoms with Crippen LogP contribution in [-0.2, 0) is 12.8 Å². The highest BCUT2D eigenvalue weighted by Crippen LogP contribution is 2.33. The lowest BCUT2D eigenvalue weighted by molar-refractivity contribution is 0.369. The van der Waals surface area contributed by atoms with Gasteiger partial charge in [-0.05, 0) is 24.5 Å². The van der Waals surface area contributed by atoms with Gasteiger partial charge in [-0.15, -0.1) is 0 Å². The molecule has 0 aliphatic heterocycles. The van der Waals surface area contributed by atoms with Crippen LogP contribution in [0.4, 0.5) is 0 Å². The van der Waals surface area contributed by atoms with Crippen LogP contribution < -0.4 is 4.74 Å². The van der Waals surface area contributed by atoms with Gasteiger partial charge < -0.3 is 9.84 Å². The van der Waals surface area contributed by atoms with E-state index in [9.17, 15) is 5.11 Å². The van der Waals surface area contributed by atoms with Crippen molar-refractivity contribution in [1.82, 2.24) is 0 Å². The molecule has 1 rings (SSSR count). The average Bonchev–Trinajstić information content (AvgIpc) is 2.20. The molecular weight excluding hydrogens is 176 g/mol. The quantitative estimate of drug-likeness (QED) is 0.798. The number of phenols is 1. The minimum atomic E-state index is 0.240. The number of hydrogen-bond acceptors (Lipinski definition) is 2. The second-order valence-corrected chi connectivity index (χ2v) is 3.36. The Hall–Kier alpha value is -1.18. The van der Waals surface area contributed by atoms with Gasteiger partial charge in [0.1, 0.15) is 0 Å². The van der Waals surface area contributed by atoms with Gasteiger partial charge in [0, 0.05) is 5.56 Å². The fraction of sp³-hybridized carbons (Fsp3) is 0.500. The van der Waals surface area contributed by atoms with Crippen molar-refractivity contribution in [2.45, 2.75) is 33.1 Å². The molecule has 2 heteroatoms. The fourth-order valence-electron chi connectivity index (χ4n) is 1.78. The fourth-order valence-corrected chi connectivity index (χ4v) is 1.78. The van der Waals surface area contributed by atoms with Crippen molar-refractivity contribution in [2.24, 2.45) is 0 Å². The molecule has 1 aromatic carbocycles. The number of aryl methyl sites for hydroxylation is 1. The summed E-state index contributed by atoms with van der Waals surface area (Å²) in [4.78, 5) is 0. The summed E-state index contributed by atoms with van der Waals surface area (Å²) < 4.78 is 5.20. The molecule has 0 heterocycles. The first-order valence-electron chi connectivity index (χ1n) is 5.12. The number of methoxy groups -OCH3 is 1. The van der Waals surface area contributed by atoms with Crippen LogP contribution in [0.15, 0.2) is 12.1 Å². The first kappa shape index (κ1) is 10.9. The van der Waals surface area contributed by atoms with Crippen LogP contribution in [0.2, 0.25) is 0 Å². The van der Waals surface area contributed by atoms with E-state index in [1.54, 1.807) is 13.2 Å². The molecule has 0 aromatic heterocycles. The highest BCUT2D eigenvalue weighted by Gasteiger charge is 2.10. The molecule has 1 aromatic rings. The number of aromatic hydroxyl groups is 1. The topological polar surface area (TPSA) is 29.5 Å². The van der Waals surface area contributed by atoms with Gasteiger partial charge >= 0.3 is 0 Å². The summed E-state index contributed by atoms with van der Waals surface area (Å²) >= 11 is 0. The van der Waals surface area contributed by atoms with Crippen molar-refractivity contribution in [3.8, 4) is 11.5 Å². The van der Waals surface area contributed by atoms with E-state index in [2.05, 4.69) is 13.8 Å². The zero-order valence-corrected chi connectivity index (χ0v) is 9.13. The molecule has 78 valence electrons. The van der Waals surface area contributed by atoms with E-state index in [-0.39, 0.29) is 5.75 Å². The molecule has 0 amide bonds. The van der Waals surface area contributed by atoms with Gasteiger partial charge in [0.05, 0.1) is 7.11 Å². The van der Waals surface area contributed by atoms with Crippen LogP contribution in [-0.4, -0.2) is 12.2 Å². The zero-order valence-electron chi connectivity index (χ0n) is 9.13. The second kappa shape index (κ2) is 4.89. The summed E-state index contributed by atoms with van der Waals surface area (Å²) in [6, 6.07) is 3.70. The maximum Gasteiger partial charge on any atom is 0.163 e. The minimum Gasteiger partial charge on any atom is -0.504 e. The van der Waals surface area contributed by atoms with E-state index >= 15 is 0 Å². The summed E-state index contributed by atoms with van der Waals surface area (Å²) in [5, 5.41) is 9.59. The Bertz CT molecular complexity index is 305. The Morgan fingerprint density at radius 2 is 2.00 bits per heavy atom. The summed E-state index contributed by atoms with van der Waals surface area (Å²) in [7, 11) is 1.60. The largest absolute Gasteiger partial charge is 0.504 e. The van der Waals surface area contributed by atoms with Crippen molar-refractivity contribution >= 4 is 0 Å². The Morgan fingerprint density at radius 1 is 1.29 bits per heavy atom. The third-order valence-electron chi connectivity index (χ3n) is 2.41. The van der Waals surface area contributed by atoms with Crippen molar-refractivity contribution in [1.29, 1.82) is 0 Å². The van der Waals surface area contributed by atoms with Crippen LogP contribution in [0.25, 0.3) is 0 Å². The van der Waals surface area contributed by atoms with Crippen LogP contribution in [0.3, 0.4) is 0 Å². The average molecular weight is 194 g/mol. The molecule has 0 spiro atoms. The minimum absolute atomic E-state index is 0.240. The summed E-state index contributed by atoms with van der Waals surface area (Å²) in [5.74, 6) is 0.877. The van der Waals surface area contributed by atoms with Crippen molar-refractivity contribution in [3.63, 3.8) is 0 Å². The molecule has 0 saturated carbocycles. The first-order valence-corrected chi connectivity index (χ1v) is 5.12. The molecule has 0 saturated heterocycles. The monoisotopic (exact) mass is 194 g/mol. The number of benzene rings is 1. The highest BCUT2D eigenvalue weighted by molar-refractivity contribution is 5.50. The van der Waals surface area contributed by atoms with Gasteiger partial charge in [-0.1, -0.05) is 26.3 Å². The molecule has 1 N–H and O–H groups in total. The lowest BCUT2D eigenvalue weighted by atomic mass is 10.00. The van der Waals surface area contributed by atoms with Crippen LogP contribution >= 0.6 is 0 Å². The van der Waals surface area contributed by atoms with E-state index in [0.29, 0.717) is 5.75 Å². The Kier molecular flexibility index (Phi) is 3.81. The normalized spacial score (nSPS) is 10.2. The molecule has 2 nitrogen and oxygen atoms in total. The lowest BCUT2D eigenvalue weighted by Crippen LogP contribution is -1.97. The van der Waals surface area contributed by atoms with Crippen LogP contribution in [0.1, 0.15) is 31.4 Å². The molecule has 0 aliphatic carbocycles. The van der Waals surface area contributed by atoms with Gasteiger partial charge in [0.25, 0.3) is 0 Å². The first-order chi connectivity index (χ1) is 6.74. The molecule has 14 heavy (non-hydrogen) atoms. The summed E-state index contributed by atoms with van der Waals surface area (Å²) in [6.07, 6.45) is 3.05. The van der Waals surface area contributed by atoms with E-state index in [1.165, 1.54) is 5.56 Å². The number of phenolic OH excluding ortho intramolecular Hbond substituents is 1. The van der Waals surface area contributed by atoms with Gasteiger partial charge in [-0.3, -0.25) is 0 Å². The van der Waals surface area contributed by atoms with E-state index in [4.69, 9.17) is 4.74 Å². The van der Waals surface area contributed by atoms with Crippen molar-refractivity contribution in [3.05, 3.63) is 23.3 Å². The van der Waals surface area contributed by atoms with Crippen molar-refractivity contribution < 1.29 is 9.84 Å².